The summed E-state index contributed by atoms with van der Waals surface area (Å²) in [5, 5.41) is 0.692. The first-order chi connectivity index (χ1) is 17.0. The highest BCUT2D eigenvalue weighted by Gasteiger charge is 2.33. The Morgan fingerprint density at radius 3 is 2.49 bits per heavy atom. The van der Waals surface area contributed by atoms with Crippen LogP contribution in [0.25, 0.3) is 6.08 Å². The zero-order valence-corrected chi connectivity index (χ0v) is 22.4. The van der Waals surface area contributed by atoms with E-state index in [-0.39, 0.29) is 5.91 Å². The Hall–Kier alpha value is -3.03. The number of halogens is 1. The molecule has 1 saturated heterocycles. The molecule has 0 unspecified atom stereocenters. The number of ether oxygens (including phenoxy) is 2. The molecule has 0 atom stereocenters. The van der Waals surface area contributed by atoms with Gasteiger partial charge in [-0.15, -0.1) is 0 Å². The first kappa shape index (κ1) is 25.1. The summed E-state index contributed by atoms with van der Waals surface area (Å²) >= 11 is 5.03. The number of hydrogen-bond acceptors (Lipinski definition) is 5. The van der Waals surface area contributed by atoms with E-state index < -0.39 is 0 Å². The van der Waals surface area contributed by atoms with Crippen molar-refractivity contribution in [1.82, 2.24) is 4.90 Å². The van der Waals surface area contributed by atoms with E-state index in [4.69, 9.17) is 14.5 Å². The molecule has 1 heterocycles. The van der Waals surface area contributed by atoms with E-state index in [1.807, 2.05) is 79.7 Å². The van der Waals surface area contributed by atoms with Gasteiger partial charge in [0.25, 0.3) is 5.91 Å². The van der Waals surface area contributed by atoms with Crippen molar-refractivity contribution in [2.24, 2.45) is 4.99 Å². The highest BCUT2D eigenvalue weighted by molar-refractivity contribution is 9.10. The fourth-order valence-electron chi connectivity index (χ4n) is 3.55. The van der Waals surface area contributed by atoms with Crippen LogP contribution in [0.4, 0.5) is 5.69 Å². The van der Waals surface area contributed by atoms with Crippen LogP contribution >= 0.6 is 27.7 Å². The largest absolute Gasteiger partial charge is 0.493 e. The molecule has 3 aromatic rings. The molecule has 0 aromatic heterocycles. The van der Waals surface area contributed by atoms with Crippen LogP contribution in [0, 0.1) is 6.92 Å². The maximum atomic E-state index is 13.2. The molecule has 4 rings (SSSR count). The van der Waals surface area contributed by atoms with Gasteiger partial charge in [-0.2, -0.15) is 0 Å². The van der Waals surface area contributed by atoms with E-state index in [1.165, 1.54) is 17.3 Å². The minimum atomic E-state index is -0.0435. The van der Waals surface area contributed by atoms with Crippen LogP contribution in [0.5, 0.6) is 11.5 Å². The van der Waals surface area contributed by atoms with E-state index in [0.717, 1.165) is 27.7 Å². The van der Waals surface area contributed by atoms with Gasteiger partial charge in [-0.1, -0.05) is 70.9 Å². The van der Waals surface area contributed by atoms with Gasteiger partial charge in [-0.25, -0.2) is 4.99 Å². The molecule has 0 N–H and O–H groups in total. The van der Waals surface area contributed by atoms with Gasteiger partial charge < -0.3 is 9.47 Å². The minimum Gasteiger partial charge on any atom is -0.493 e. The lowest BCUT2D eigenvalue weighted by atomic mass is 10.1. The van der Waals surface area contributed by atoms with Crippen molar-refractivity contribution in [3.8, 4) is 11.5 Å². The van der Waals surface area contributed by atoms with Crippen LogP contribution in [-0.2, 0) is 11.4 Å². The summed E-state index contributed by atoms with van der Waals surface area (Å²) in [5.74, 6) is 1.19. The third-order valence-electron chi connectivity index (χ3n) is 5.40. The molecular formula is C28H27BrN2O3S. The van der Waals surface area contributed by atoms with E-state index in [1.54, 1.807) is 12.0 Å². The Bertz CT molecular complexity index is 1260. The molecule has 35 heavy (non-hydrogen) atoms. The lowest BCUT2D eigenvalue weighted by Crippen LogP contribution is -2.29. The van der Waals surface area contributed by atoms with Crippen molar-refractivity contribution in [3.05, 3.63) is 92.8 Å². The van der Waals surface area contributed by atoms with Crippen LogP contribution in [0.1, 0.15) is 30.0 Å². The molecule has 1 fully saturated rings. The topological polar surface area (TPSA) is 51.1 Å². The zero-order valence-electron chi connectivity index (χ0n) is 20.0. The molecule has 0 aliphatic carbocycles. The molecule has 1 amide bonds. The van der Waals surface area contributed by atoms with Crippen molar-refractivity contribution in [3.63, 3.8) is 0 Å². The number of carbonyl (C=O) groups is 1. The average Bonchev–Trinajstić information content (AvgIpc) is 3.15. The highest BCUT2D eigenvalue weighted by atomic mass is 79.9. The summed E-state index contributed by atoms with van der Waals surface area (Å²) in [4.78, 5) is 20.3. The number of benzene rings is 3. The van der Waals surface area contributed by atoms with Crippen LogP contribution in [-0.4, -0.2) is 29.6 Å². The molecular weight excluding hydrogens is 524 g/mol. The fourth-order valence-corrected chi connectivity index (χ4v) is 5.00. The Morgan fingerprint density at radius 2 is 1.80 bits per heavy atom. The van der Waals surface area contributed by atoms with Crippen LogP contribution in [0.2, 0.25) is 0 Å². The van der Waals surface area contributed by atoms with Crippen molar-refractivity contribution < 1.29 is 14.3 Å². The molecule has 0 spiro atoms. The van der Waals surface area contributed by atoms with E-state index in [0.29, 0.717) is 34.7 Å². The summed E-state index contributed by atoms with van der Waals surface area (Å²) in [7, 11) is 1.61. The number of amides is 1. The maximum absolute atomic E-state index is 13.2. The Labute approximate surface area is 219 Å². The number of amidine groups is 1. The summed E-state index contributed by atoms with van der Waals surface area (Å²) in [6, 6.07) is 21.7. The smallest absolute Gasteiger partial charge is 0.266 e. The predicted octanol–water partition coefficient (Wildman–Crippen LogP) is 7.36. The lowest BCUT2D eigenvalue weighted by molar-refractivity contribution is -0.122. The molecule has 180 valence electrons. The van der Waals surface area contributed by atoms with E-state index in [9.17, 15) is 4.79 Å². The molecule has 3 aromatic carbocycles. The molecule has 5 nitrogen and oxygen atoms in total. The van der Waals surface area contributed by atoms with Gasteiger partial charge in [0, 0.05) is 11.0 Å². The normalized spacial score (nSPS) is 15.8. The van der Waals surface area contributed by atoms with Gasteiger partial charge in [0.2, 0.25) is 0 Å². The van der Waals surface area contributed by atoms with Gasteiger partial charge in [0.1, 0.15) is 6.61 Å². The summed E-state index contributed by atoms with van der Waals surface area (Å²) < 4.78 is 12.4. The highest BCUT2D eigenvalue weighted by Crippen LogP contribution is 2.39. The van der Waals surface area contributed by atoms with Gasteiger partial charge in [-0.3, -0.25) is 9.69 Å². The standard InChI is InChI=1S/C28H27BrN2O3S/c1-4-14-31-27(32)26(35-28(31)30-22-12-10-19(2)11-13-22)16-21-15-24(33-3)25(17-23(21)29)34-18-20-8-6-5-7-9-20/h5-13,15-17H,4,14,18H2,1-3H3/b26-16+,30-28?. The second-order valence-corrected chi connectivity index (χ2v) is 9.96. The second kappa shape index (κ2) is 11.6. The molecule has 7 heteroatoms. The number of rotatable bonds is 8. The van der Waals surface area contributed by atoms with Gasteiger partial charge in [0.05, 0.1) is 17.7 Å². The number of aryl methyl sites for hydroxylation is 1. The maximum Gasteiger partial charge on any atom is 0.266 e. The Morgan fingerprint density at radius 1 is 1.06 bits per heavy atom. The van der Waals surface area contributed by atoms with E-state index in [2.05, 4.69) is 22.9 Å². The van der Waals surface area contributed by atoms with Gasteiger partial charge in [-0.05, 0) is 66.6 Å². The van der Waals surface area contributed by atoms with Crippen molar-refractivity contribution in [2.45, 2.75) is 26.9 Å². The minimum absolute atomic E-state index is 0.0435. The van der Waals surface area contributed by atoms with Crippen LogP contribution in [0.15, 0.2) is 81.1 Å². The number of methoxy groups -OCH3 is 1. The van der Waals surface area contributed by atoms with Crippen LogP contribution in [0.3, 0.4) is 0 Å². The fraction of sp³-hybridized carbons (Fsp3) is 0.214. The third kappa shape index (κ3) is 6.16. The number of nitrogens with zero attached hydrogens (tertiary/aromatic N) is 2. The quantitative estimate of drug-likeness (QED) is 0.275. The summed E-state index contributed by atoms with van der Waals surface area (Å²) in [6.45, 7) is 5.14. The number of aliphatic imine (C=N–C) groups is 1. The molecule has 0 radical (unpaired) electrons. The first-order valence-corrected chi connectivity index (χ1v) is 13.0. The van der Waals surface area contributed by atoms with E-state index >= 15 is 0 Å². The van der Waals surface area contributed by atoms with Crippen molar-refractivity contribution in [2.75, 3.05) is 13.7 Å². The molecule has 1 aliphatic heterocycles. The molecule has 0 saturated carbocycles. The number of hydrogen-bond donors (Lipinski definition) is 0. The molecule has 1 aliphatic rings. The van der Waals surface area contributed by atoms with Gasteiger partial charge in [0.15, 0.2) is 16.7 Å². The van der Waals surface area contributed by atoms with Crippen molar-refractivity contribution >= 4 is 50.5 Å². The Balaban J connectivity index is 1.61. The molecule has 0 bridgehead atoms. The van der Waals surface area contributed by atoms with Gasteiger partial charge >= 0.3 is 0 Å². The number of thioether (sulfide) groups is 1. The number of carbonyl (C=O) groups excluding carboxylic acids is 1. The summed E-state index contributed by atoms with van der Waals surface area (Å²) in [5.41, 5.74) is 3.90. The average molecular weight is 552 g/mol. The van der Waals surface area contributed by atoms with Crippen LogP contribution < -0.4 is 9.47 Å². The second-order valence-electron chi connectivity index (χ2n) is 8.10. The first-order valence-electron chi connectivity index (χ1n) is 11.4. The third-order valence-corrected chi connectivity index (χ3v) is 7.09. The monoisotopic (exact) mass is 550 g/mol. The zero-order chi connectivity index (χ0) is 24.8. The lowest BCUT2D eigenvalue weighted by Gasteiger charge is -2.14. The Kier molecular flexibility index (Phi) is 8.31. The predicted molar refractivity (Wildman–Crippen MR) is 147 cm³/mol. The SMILES string of the molecule is CCCN1C(=O)/C(=C\c2cc(OC)c(OCc3ccccc3)cc2Br)SC1=Nc1ccc(C)cc1. The summed E-state index contributed by atoms with van der Waals surface area (Å²) in [6.07, 6.45) is 2.72. The van der Waals surface area contributed by atoms with Crippen molar-refractivity contribution in [1.29, 1.82) is 0 Å².